The van der Waals surface area contributed by atoms with Crippen LogP contribution in [0.2, 0.25) is 0 Å². The fourth-order valence-corrected chi connectivity index (χ4v) is 2.61. The molecule has 1 heterocycles. The van der Waals surface area contributed by atoms with Crippen molar-refractivity contribution < 1.29 is 0 Å². The van der Waals surface area contributed by atoms with Gasteiger partial charge >= 0.3 is 0 Å². The van der Waals surface area contributed by atoms with Crippen molar-refractivity contribution in [3.05, 3.63) is 110 Å². The number of hydrogen-bond acceptors (Lipinski definition) is 4. The molecule has 0 radical (unpaired) electrons. The number of nitrogens with two attached hydrogens (primary N) is 1. The lowest BCUT2D eigenvalue weighted by molar-refractivity contribution is 0.533. The molecule has 0 aromatic carbocycles. The zero-order valence-electron chi connectivity index (χ0n) is 21.2. The molecule has 0 aromatic rings. The quantitative estimate of drug-likeness (QED) is 0.189. The summed E-state index contributed by atoms with van der Waals surface area (Å²) >= 11 is 0. The summed E-state index contributed by atoms with van der Waals surface area (Å²) in [5, 5.41) is 9.73. The fraction of sp³-hybridized carbons (Fsp3) is 0.310. The van der Waals surface area contributed by atoms with Crippen molar-refractivity contribution in [1.29, 1.82) is 0 Å². The fourth-order valence-electron chi connectivity index (χ4n) is 2.61. The van der Waals surface area contributed by atoms with E-state index < -0.39 is 0 Å². The van der Waals surface area contributed by atoms with Crippen molar-refractivity contribution in [2.75, 3.05) is 6.54 Å². The summed E-state index contributed by atoms with van der Waals surface area (Å²) in [4.78, 5) is 0. The lowest BCUT2D eigenvalue weighted by Crippen LogP contribution is -2.28. The predicted octanol–water partition coefficient (Wildman–Crippen LogP) is 5.97. The summed E-state index contributed by atoms with van der Waals surface area (Å²) in [5.41, 5.74) is 11.6. The molecule has 0 amide bonds. The topological polar surface area (TPSA) is 62.1 Å². The molecule has 0 saturated heterocycles. The highest BCUT2D eigenvalue weighted by Gasteiger charge is 2.12. The third-order valence-corrected chi connectivity index (χ3v) is 4.69. The first-order chi connectivity index (χ1) is 15.6. The molecule has 1 rings (SSSR count). The Hall–Kier alpha value is -3.58. The van der Waals surface area contributed by atoms with Crippen LogP contribution in [0.3, 0.4) is 0 Å². The summed E-state index contributed by atoms with van der Waals surface area (Å²) in [7, 11) is 0. The van der Waals surface area contributed by atoms with Gasteiger partial charge in [-0.1, -0.05) is 50.5 Å². The van der Waals surface area contributed by atoms with Crippen LogP contribution < -0.4 is 21.7 Å². The first-order valence-corrected chi connectivity index (χ1v) is 10.9. The van der Waals surface area contributed by atoms with Gasteiger partial charge in [-0.25, -0.2) is 0 Å². The van der Waals surface area contributed by atoms with Crippen molar-refractivity contribution in [2.45, 2.75) is 46.6 Å². The molecule has 1 aliphatic rings. The Balaban J connectivity index is 0. The lowest BCUT2D eigenvalue weighted by atomic mass is 9.98. The maximum absolute atomic E-state index is 5.82. The SMILES string of the molecule is C#CC(/C=C\C1=C(C)NC(C)CC1)CNC(=C)C(=C)C(=C)N/C=C(/N)C(=C)C.C=C.C=CC. The van der Waals surface area contributed by atoms with Crippen LogP contribution in [-0.2, 0) is 0 Å². The lowest BCUT2D eigenvalue weighted by Gasteiger charge is -2.24. The van der Waals surface area contributed by atoms with Crippen LogP contribution in [0, 0.1) is 18.3 Å². The van der Waals surface area contributed by atoms with Crippen LogP contribution in [0.4, 0.5) is 0 Å². The average molecular weight is 449 g/mol. The minimum Gasteiger partial charge on any atom is -0.397 e. The third-order valence-electron chi connectivity index (χ3n) is 4.69. The molecule has 0 bridgehead atoms. The van der Waals surface area contributed by atoms with Gasteiger partial charge in [0.05, 0.1) is 11.6 Å². The second kappa shape index (κ2) is 18.0. The van der Waals surface area contributed by atoms with Crippen LogP contribution in [0.25, 0.3) is 0 Å². The van der Waals surface area contributed by atoms with E-state index in [1.807, 2.05) is 13.8 Å². The highest BCUT2D eigenvalue weighted by Crippen LogP contribution is 2.20. The summed E-state index contributed by atoms with van der Waals surface area (Å²) in [6, 6.07) is 0.527. The molecular formula is C29H44N4. The van der Waals surface area contributed by atoms with Crippen LogP contribution in [0.1, 0.15) is 40.5 Å². The van der Waals surface area contributed by atoms with Gasteiger partial charge in [-0.3, -0.25) is 0 Å². The van der Waals surface area contributed by atoms with Gasteiger partial charge in [0.15, 0.2) is 0 Å². The summed E-state index contributed by atoms with van der Waals surface area (Å²) < 4.78 is 0. The van der Waals surface area contributed by atoms with Gasteiger partial charge in [0, 0.05) is 41.5 Å². The molecule has 0 aromatic heterocycles. The van der Waals surface area contributed by atoms with E-state index in [-0.39, 0.29) is 5.92 Å². The Bertz CT molecular complexity index is 830. The summed E-state index contributed by atoms with van der Waals surface area (Å²) in [6.07, 6.45) is 15.5. The second-order valence-electron chi connectivity index (χ2n) is 7.62. The van der Waals surface area contributed by atoms with E-state index in [2.05, 4.69) is 93.9 Å². The Morgan fingerprint density at radius 3 is 2.33 bits per heavy atom. The molecule has 0 spiro atoms. The van der Waals surface area contributed by atoms with Crippen LogP contribution in [0.15, 0.2) is 110 Å². The first-order valence-electron chi connectivity index (χ1n) is 10.9. The predicted molar refractivity (Wildman–Crippen MR) is 149 cm³/mol. The van der Waals surface area contributed by atoms with Crippen molar-refractivity contribution >= 4 is 0 Å². The highest BCUT2D eigenvalue weighted by molar-refractivity contribution is 5.41. The molecule has 4 heteroatoms. The summed E-state index contributed by atoms with van der Waals surface area (Å²) in [5.74, 6) is 2.75. The van der Waals surface area contributed by atoms with Crippen LogP contribution >= 0.6 is 0 Å². The zero-order valence-corrected chi connectivity index (χ0v) is 21.2. The summed E-state index contributed by atoms with van der Waals surface area (Å²) in [6.45, 7) is 33.7. The Labute approximate surface area is 203 Å². The van der Waals surface area contributed by atoms with Gasteiger partial charge < -0.3 is 21.7 Å². The Kier molecular flexibility index (Phi) is 17.3. The first kappa shape index (κ1) is 31.6. The number of nitrogens with one attached hydrogen (secondary N) is 3. The smallest absolute Gasteiger partial charge is 0.0556 e. The second-order valence-corrected chi connectivity index (χ2v) is 7.62. The minimum absolute atomic E-state index is 0.0515. The minimum atomic E-state index is -0.0515. The molecule has 180 valence electrons. The number of rotatable bonds is 10. The van der Waals surface area contributed by atoms with Crippen molar-refractivity contribution in [3.63, 3.8) is 0 Å². The largest absolute Gasteiger partial charge is 0.397 e. The molecule has 4 nitrogen and oxygen atoms in total. The normalized spacial score (nSPS) is 15.8. The van der Waals surface area contributed by atoms with Gasteiger partial charge in [0.1, 0.15) is 0 Å². The molecule has 1 aliphatic heterocycles. The molecule has 33 heavy (non-hydrogen) atoms. The standard InChI is InChI=1S/C24H34N4.C3H6.C2H4/c1-9-22(11-13-23-12-10-17(4)28-21(23)8)14-26-19(6)18(5)20(7)27-15-24(25)16(2)3;1-3-2;1-2/h1,11,13,15,17,22,26-28H,2,5-7,10,12,14,25H2,3-4,8H3;3H,1H2,2H3;1-2H2/b13-11-,24-15+;;. The van der Waals surface area contributed by atoms with E-state index in [0.29, 0.717) is 35.3 Å². The van der Waals surface area contributed by atoms with Crippen molar-refractivity contribution in [3.8, 4) is 12.3 Å². The van der Waals surface area contributed by atoms with E-state index in [9.17, 15) is 0 Å². The average Bonchev–Trinajstić information content (AvgIpc) is 2.79. The van der Waals surface area contributed by atoms with Crippen LogP contribution in [-0.4, -0.2) is 12.6 Å². The van der Waals surface area contributed by atoms with E-state index in [0.717, 1.165) is 18.4 Å². The number of terminal acetylenes is 1. The van der Waals surface area contributed by atoms with E-state index >= 15 is 0 Å². The van der Waals surface area contributed by atoms with Crippen molar-refractivity contribution in [1.82, 2.24) is 16.0 Å². The van der Waals surface area contributed by atoms with Gasteiger partial charge in [-0.2, -0.15) is 0 Å². The maximum Gasteiger partial charge on any atom is 0.0556 e. The molecule has 0 fully saturated rings. The zero-order chi connectivity index (χ0) is 26.0. The van der Waals surface area contributed by atoms with E-state index in [1.54, 1.807) is 12.3 Å². The van der Waals surface area contributed by atoms with E-state index in [1.165, 1.54) is 11.3 Å². The molecule has 2 unspecified atom stereocenters. The van der Waals surface area contributed by atoms with E-state index in [4.69, 9.17) is 12.2 Å². The number of allylic oxidation sites excluding steroid dienone is 5. The maximum atomic E-state index is 5.82. The Morgan fingerprint density at radius 2 is 1.85 bits per heavy atom. The number of hydrogen-bond donors (Lipinski definition) is 4. The highest BCUT2D eigenvalue weighted by atomic mass is 14.9. The van der Waals surface area contributed by atoms with Gasteiger partial charge in [-0.15, -0.1) is 26.2 Å². The molecular weight excluding hydrogens is 404 g/mol. The Morgan fingerprint density at radius 1 is 1.27 bits per heavy atom. The van der Waals surface area contributed by atoms with Gasteiger partial charge in [0.2, 0.25) is 0 Å². The van der Waals surface area contributed by atoms with Crippen LogP contribution in [0.5, 0.6) is 0 Å². The monoisotopic (exact) mass is 448 g/mol. The van der Waals surface area contributed by atoms with Gasteiger partial charge in [0.25, 0.3) is 0 Å². The van der Waals surface area contributed by atoms with Gasteiger partial charge in [-0.05, 0) is 51.7 Å². The van der Waals surface area contributed by atoms with Crippen molar-refractivity contribution in [2.24, 2.45) is 11.7 Å². The molecule has 0 aliphatic carbocycles. The molecule has 2 atom stereocenters. The third kappa shape index (κ3) is 13.4. The molecule has 5 N–H and O–H groups in total. The molecule has 0 saturated carbocycles.